The molecule has 3 nitrogen and oxygen atoms in total. The number of hydrogen-bond donors (Lipinski definition) is 1. The van der Waals surface area contributed by atoms with Crippen LogP contribution in [0.4, 0.5) is 11.4 Å². The predicted molar refractivity (Wildman–Crippen MR) is 106 cm³/mol. The molecule has 122 valence electrons. The molecular formula is C20H20BrN3. The summed E-state index contributed by atoms with van der Waals surface area (Å²) in [6.07, 6.45) is 7.87. The molecule has 1 aromatic heterocycles. The lowest BCUT2D eigenvalue weighted by molar-refractivity contribution is 0.578. The number of H-pyrrole nitrogens is 1. The monoisotopic (exact) mass is 381 g/mol. The molecule has 0 spiro atoms. The third-order valence-electron chi connectivity index (χ3n) is 4.60. The van der Waals surface area contributed by atoms with Crippen molar-refractivity contribution in [2.24, 2.45) is 4.99 Å². The summed E-state index contributed by atoms with van der Waals surface area (Å²) >= 11 is 3.55. The molecule has 24 heavy (non-hydrogen) atoms. The molecule has 0 aliphatic carbocycles. The van der Waals surface area contributed by atoms with Crippen molar-refractivity contribution >= 4 is 44.4 Å². The Balaban J connectivity index is 1.67. The summed E-state index contributed by atoms with van der Waals surface area (Å²) in [5, 5.41) is 1.18. The number of aromatic amines is 1. The van der Waals surface area contributed by atoms with Gasteiger partial charge in [0.2, 0.25) is 0 Å². The van der Waals surface area contributed by atoms with Crippen LogP contribution in [0.1, 0.15) is 24.8 Å². The summed E-state index contributed by atoms with van der Waals surface area (Å²) in [5.41, 5.74) is 4.53. The van der Waals surface area contributed by atoms with Gasteiger partial charge in [0.1, 0.15) is 0 Å². The second-order valence-electron chi connectivity index (χ2n) is 6.23. The van der Waals surface area contributed by atoms with Crippen molar-refractivity contribution in [1.29, 1.82) is 0 Å². The number of nitrogens with zero attached hydrogens (tertiary/aromatic N) is 2. The molecule has 4 rings (SSSR count). The van der Waals surface area contributed by atoms with Crippen molar-refractivity contribution in [3.8, 4) is 0 Å². The van der Waals surface area contributed by atoms with Gasteiger partial charge in [-0.15, -0.1) is 0 Å². The minimum absolute atomic E-state index is 1.05. The van der Waals surface area contributed by atoms with Gasteiger partial charge in [0.05, 0.1) is 11.4 Å². The number of rotatable bonds is 3. The molecule has 1 N–H and O–H groups in total. The Kier molecular flexibility index (Phi) is 4.39. The Hall–Kier alpha value is -2.07. The summed E-state index contributed by atoms with van der Waals surface area (Å²) in [6.45, 7) is 2.26. The van der Waals surface area contributed by atoms with E-state index in [1.165, 1.54) is 30.3 Å². The van der Waals surface area contributed by atoms with E-state index in [0.29, 0.717) is 0 Å². The Bertz CT molecular complexity index is 875. The molecule has 1 fully saturated rings. The summed E-state index contributed by atoms with van der Waals surface area (Å²) in [6, 6.07) is 14.7. The van der Waals surface area contributed by atoms with Gasteiger partial charge >= 0.3 is 0 Å². The summed E-state index contributed by atoms with van der Waals surface area (Å²) in [5.74, 6) is 0. The number of para-hydroxylation sites is 2. The zero-order chi connectivity index (χ0) is 16.4. The molecular weight excluding hydrogens is 362 g/mol. The third kappa shape index (κ3) is 3.11. The normalized spacial score (nSPS) is 15.5. The second kappa shape index (κ2) is 6.81. The molecule has 0 atom stereocenters. The summed E-state index contributed by atoms with van der Waals surface area (Å²) < 4.78 is 1.08. The number of hydrogen-bond acceptors (Lipinski definition) is 2. The Labute approximate surface area is 150 Å². The van der Waals surface area contributed by atoms with Crippen LogP contribution < -0.4 is 4.90 Å². The molecule has 0 radical (unpaired) electrons. The summed E-state index contributed by atoms with van der Waals surface area (Å²) in [4.78, 5) is 10.6. The molecule has 1 saturated heterocycles. The maximum Gasteiger partial charge on any atom is 0.0863 e. The van der Waals surface area contributed by atoms with Crippen LogP contribution in [-0.2, 0) is 0 Å². The number of aromatic nitrogens is 1. The van der Waals surface area contributed by atoms with Crippen LogP contribution in [0.5, 0.6) is 0 Å². The highest BCUT2D eigenvalue weighted by molar-refractivity contribution is 9.10. The van der Waals surface area contributed by atoms with E-state index in [1.54, 1.807) is 0 Å². The van der Waals surface area contributed by atoms with Crippen LogP contribution in [-0.4, -0.2) is 24.3 Å². The molecule has 4 heteroatoms. The Morgan fingerprint density at radius 3 is 2.75 bits per heavy atom. The molecule has 0 bridgehead atoms. The highest BCUT2D eigenvalue weighted by atomic mass is 79.9. The van der Waals surface area contributed by atoms with Gasteiger partial charge in [-0.25, -0.2) is 0 Å². The maximum atomic E-state index is 4.80. The molecule has 2 heterocycles. The largest absolute Gasteiger partial charge is 0.370 e. The number of piperidine rings is 1. The fourth-order valence-corrected chi connectivity index (χ4v) is 3.70. The van der Waals surface area contributed by atoms with Crippen LogP contribution in [0.25, 0.3) is 10.9 Å². The number of benzene rings is 2. The van der Waals surface area contributed by atoms with E-state index in [2.05, 4.69) is 62.2 Å². The van der Waals surface area contributed by atoms with Crippen LogP contribution >= 0.6 is 15.9 Å². The van der Waals surface area contributed by atoms with Crippen molar-refractivity contribution in [2.75, 3.05) is 18.0 Å². The van der Waals surface area contributed by atoms with E-state index < -0.39 is 0 Å². The number of aliphatic imine (C=N–C) groups is 1. The lowest BCUT2D eigenvalue weighted by atomic mass is 10.1. The number of fused-ring (bicyclic) bond motifs is 1. The number of nitrogens with one attached hydrogen (secondary N) is 1. The smallest absolute Gasteiger partial charge is 0.0863 e. The molecule has 2 aromatic carbocycles. The van der Waals surface area contributed by atoms with Gasteiger partial charge in [-0.05, 0) is 49.6 Å². The Morgan fingerprint density at radius 1 is 1.04 bits per heavy atom. The van der Waals surface area contributed by atoms with Gasteiger partial charge in [-0.2, -0.15) is 0 Å². The fraction of sp³-hybridized carbons (Fsp3) is 0.250. The van der Waals surface area contributed by atoms with Crippen LogP contribution in [0, 0.1) is 0 Å². The van der Waals surface area contributed by atoms with E-state index >= 15 is 0 Å². The van der Waals surface area contributed by atoms with Crippen molar-refractivity contribution < 1.29 is 0 Å². The highest BCUT2D eigenvalue weighted by Crippen LogP contribution is 2.31. The number of halogens is 1. The van der Waals surface area contributed by atoms with E-state index in [9.17, 15) is 0 Å². The van der Waals surface area contributed by atoms with Crippen molar-refractivity contribution in [2.45, 2.75) is 19.3 Å². The average molecular weight is 382 g/mol. The van der Waals surface area contributed by atoms with E-state index in [-0.39, 0.29) is 0 Å². The van der Waals surface area contributed by atoms with Crippen molar-refractivity contribution in [3.63, 3.8) is 0 Å². The second-order valence-corrected chi connectivity index (χ2v) is 7.14. The first-order valence-electron chi connectivity index (χ1n) is 8.46. The molecule has 3 aromatic rings. The zero-order valence-electron chi connectivity index (χ0n) is 13.5. The molecule has 0 saturated carbocycles. The van der Waals surface area contributed by atoms with Crippen LogP contribution in [0.15, 0.2) is 58.1 Å². The van der Waals surface area contributed by atoms with Gasteiger partial charge in [0.25, 0.3) is 0 Å². The van der Waals surface area contributed by atoms with Gasteiger partial charge in [-0.1, -0.05) is 28.1 Å². The highest BCUT2D eigenvalue weighted by Gasteiger charge is 2.13. The maximum absolute atomic E-state index is 4.80. The first-order valence-corrected chi connectivity index (χ1v) is 9.25. The third-order valence-corrected chi connectivity index (χ3v) is 5.09. The van der Waals surface area contributed by atoms with E-state index in [0.717, 1.165) is 34.3 Å². The van der Waals surface area contributed by atoms with E-state index in [1.807, 2.05) is 18.5 Å². The molecule has 1 aliphatic rings. The van der Waals surface area contributed by atoms with E-state index in [4.69, 9.17) is 4.99 Å². The SMILES string of the molecule is Brc1ccc2[nH]cc(C=Nc3ccccc3N3CCCCC3)c2c1. The zero-order valence-corrected chi connectivity index (χ0v) is 15.1. The standard InChI is InChI=1S/C20H20BrN3/c21-16-8-9-18-17(12-16)15(13-22-18)14-23-19-6-2-3-7-20(19)24-10-4-1-5-11-24/h2-3,6-9,12-14,22H,1,4-5,10-11H2. The summed E-state index contributed by atoms with van der Waals surface area (Å²) in [7, 11) is 0. The predicted octanol–water partition coefficient (Wildman–Crippen LogP) is 5.67. The van der Waals surface area contributed by atoms with Gasteiger partial charge < -0.3 is 9.88 Å². The molecule has 1 aliphatic heterocycles. The lowest BCUT2D eigenvalue weighted by Gasteiger charge is -2.29. The fourth-order valence-electron chi connectivity index (χ4n) is 3.34. The Morgan fingerprint density at radius 2 is 1.88 bits per heavy atom. The first kappa shape index (κ1) is 15.5. The topological polar surface area (TPSA) is 31.4 Å². The number of anilines is 1. The van der Waals surface area contributed by atoms with Crippen LogP contribution in [0.2, 0.25) is 0 Å². The van der Waals surface area contributed by atoms with Gasteiger partial charge in [-0.3, -0.25) is 4.99 Å². The average Bonchev–Trinajstić information content (AvgIpc) is 3.03. The lowest BCUT2D eigenvalue weighted by Crippen LogP contribution is -2.29. The molecule has 0 unspecified atom stereocenters. The van der Waals surface area contributed by atoms with Gasteiger partial charge in [0, 0.05) is 46.4 Å². The quantitative estimate of drug-likeness (QED) is 0.582. The van der Waals surface area contributed by atoms with Gasteiger partial charge in [0.15, 0.2) is 0 Å². The minimum Gasteiger partial charge on any atom is -0.370 e. The first-order chi connectivity index (χ1) is 11.8. The van der Waals surface area contributed by atoms with Crippen molar-refractivity contribution in [3.05, 3.63) is 58.7 Å². The minimum atomic E-state index is 1.05. The molecule has 0 amide bonds. The van der Waals surface area contributed by atoms with Crippen LogP contribution in [0.3, 0.4) is 0 Å². The van der Waals surface area contributed by atoms with Crippen molar-refractivity contribution in [1.82, 2.24) is 4.98 Å².